The fraction of sp³-hybridized carbons (Fsp3) is 0.600. The molecule has 1 unspecified atom stereocenters. The third-order valence-corrected chi connectivity index (χ3v) is 3.32. The van der Waals surface area contributed by atoms with Gasteiger partial charge in [0.2, 0.25) is 0 Å². The molecule has 0 radical (unpaired) electrons. The third-order valence-electron chi connectivity index (χ3n) is 2.73. The molecule has 108 valence electrons. The van der Waals surface area contributed by atoms with E-state index in [0.717, 1.165) is 35.0 Å². The van der Waals surface area contributed by atoms with Crippen molar-refractivity contribution >= 4 is 15.9 Å². The molecule has 19 heavy (non-hydrogen) atoms. The Morgan fingerprint density at radius 2 is 1.89 bits per heavy atom. The third kappa shape index (κ3) is 4.69. The maximum Gasteiger partial charge on any atom is 0.175 e. The molecule has 0 saturated carbocycles. The van der Waals surface area contributed by atoms with Gasteiger partial charge in [0.05, 0.1) is 23.8 Å². The highest BCUT2D eigenvalue weighted by Crippen LogP contribution is 2.39. The first-order valence-corrected chi connectivity index (χ1v) is 7.70. The monoisotopic (exact) mass is 330 g/mol. The van der Waals surface area contributed by atoms with Gasteiger partial charge in [0.25, 0.3) is 0 Å². The van der Waals surface area contributed by atoms with Crippen LogP contribution in [0, 0.1) is 0 Å². The highest BCUT2D eigenvalue weighted by Gasteiger charge is 2.15. The highest BCUT2D eigenvalue weighted by atomic mass is 79.9. The van der Waals surface area contributed by atoms with Crippen LogP contribution in [-0.4, -0.2) is 18.3 Å². The molecule has 0 spiro atoms. The normalized spacial score (nSPS) is 12.3. The predicted molar refractivity (Wildman–Crippen MR) is 81.0 cm³/mol. The van der Waals surface area contributed by atoms with Gasteiger partial charge in [0.15, 0.2) is 11.5 Å². The molecule has 0 aromatic heterocycles. The number of ether oxygens (including phenoxy) is 2. The zero-order valence-electron chi connectivity index (χ0n) is 11.9. The molecule has 1 aromatic rings. The van der Waals surface area contributed by atoms with Crippen molar-refractivity contribution in [1.82, 2.24) is 0 Å². The van der Waals surface area contributed by atoms with E-state index in [1.54, 1.807) is 0 Å². The van der Waals surface area contributed by atoms with Crippen molar-refractivity contribution in [1.29, 1.82) is 0 Å². The Labute approximate surface area is 124 Å². The molecule has 0 amide bonds. The van der Waals surface area contributed by atoms with Gasteiger partial charge in [-0.05, 0) is 53.4 Å². The minimum absolute atomic E-state index is 0.458. The fourth-order valence-corrected chi connectivity index (χ4v) is 2.40. The number of benzene rings is 1. The molecule has 0 saturated heterocycles. The highest BCUT2D eigenvalue weighted by molar-refractivity contribution is 9.10. The lowest BCUT2D eigenvalue weighted by Gasteiger charge is -2.17. The smallest absolute Gasteiger partial charge is 0.175 e. The van der Waals surface area contributed by atoms with E-state index >= 15 is 0 Å². The maximum atomic E-state index is 10.1. The Kier molecular flexibility index (Phi) is 7.24. The maximum absolute atomic E-state index is 10.1. The zero-order valence-corrected chi connectivity index (χ0v) is 13.5. The van der Waals surface area contributed by atoms with Crippen LogP contribution in [0.1, 0.15) is 51.7 Å². The molecule has 0 bridgehead atoms. The number of hydrogen-bond acceptors (Lipinski definition) is 3. The summed E-state index contributed by atoms with van der Waals surface area (Å²) in [4.78, 5) is 0. The molecular weight excluding hydrogens is 308 g/mol. The van der Waals surface area contributed by atoms with Crippen molar-refractivity contribution in [3.8, 4) is 11.5 Å². The van der Waals surface area contributed by atoms with Gasteiger partial charge < -0.3 is 14.6 Å². The summed E-state index contributed by atoms with van der Waals surface area (Å²) in [6.45, 7) is 7.28. The van der Waals surface area contributed by atoms with E-state index in [9.17, 15) is 5.11 Å². The number of halogens is 1. The van der Waals surface area contributed by atoms with E-state index in [0.29, 0.717) is 19.0 Å². The van der Waals surface area contributed by atoms with Gasteiger partial charge in [-0.2, -0.15) is 0 Å². The first-order chi connectivity index (χ1) is 9.13. The minimum Gasteiger partial charge on any atom is -0.490 e. The van der Waals surface area contributed by atoms with Crippen molar-refractivity contribution in [3.63, 3.8) is 0 Å². The van der Waals surface area contributed by atoms with E-state index in [1.165, 1.54) is 0 Å². The lowest BCUT2D eigenvalue weighted by molar-refractivity contribution is 0.165. The molecular formula is C15H23BrO3. The summed E-state index contributed by atoms with van der Waals surface area (Å²) in [5.41, 5.74) is 0.862. The van der Waals surface area contributed by atoms with Crippen LogP contribution in [0.5, 0.6) is 11.5 Å². The van der Waals surface area contributed by atoms with Crippen LogP contribution < -0.4 is 9.47 Å². The van der Waals surface area contributed by atoms with Crippen molar-refractivity contribution in [2.75, 3.05) is 13.2 Å². The van der Waals surface area contributed by atoms with Gasteiger partial charge in [-0.25, -0.2) is 0 Å². The van der Waals surface area contributed by atoms with Crippen LogP contribution in [0.2, 0.25) is 0 Å². The molecule has 1 N–H and O–H groups in total. The average Bonchev–Trinajstić information content (AvgIpc) is 2.38. The van der Waals surface area contributed by atoms with Crippen molar-refractivity contribution in [2.24, 2.45) is 0 Å². The number of rotatable bonds is 8. The summed E-state index contributed by atoms with van der Waals surface area (Å²) in [7, 11) is 0. The van der Waals surface area contributed by atoms with Crippen molar-refractivity contribution in [3.05, 3.63) is 22.2 Å². The summed E-state index contributed by atoms with van der Waals surface area (Å²) < 4.78 is 12.2. The van der Waals surface area contributed by atoms with E-state index in [4.69, 9.17) is 9.47 Å². The summed E-state index contributed by atoms with van der Waals surface area (Å²) in [6, 6.07) is 3.79. The lowest BCUT2D eigenvalue weighted by Crippen LogP contribution is -2.04. The second-order valence-corrected chi connectivity index (χ2v) is 5.27. The quantitative estimate of drug-likeness (QED) is 0.764. The van der Waals surface area contributed by atoms with Crippen molar-refractivity contribution < 1.29 is 14.6 Å². The molecule has 3 nitrogen and oxygen atoms in total. The van der Waals surface area contributed by atoms with E-state index in [1.807, 2.05) is 19.1 Å². The number of aliphatic hydroxyl groups excluding tert-OH is 1. The molecule has 0 aliphatic heterocycles. The summed E-state index contributed by atoms with van der Waals surface area (Å²) in [6.07, 6.45) is 2.17. The van der Waals surface area contributed by atoms with Crippen LogP contribution in [0.25, 0.3) is 0 Å². The second-order valence-electron chi connectivity index (χ2n) is 4.42. The molecule has 4 heteroatoms. The van der Waals surface area contributed by atoms with Gasteiger partial charge in [-0.3, -0.25) is 0 Å². The molecule has 1 rings (SSSR count). The topological polar surface area (TPSA) is 38.7 Å². The van der Waals surface area contributed by atoms with Crippen LogP contribution in [-0.2, 0) is 0 Å². The molecule has 0 aliphatic carbocycles. The molecule has 0 fully saturated rings. The number of hydrogen-bond donors (Lipinski definition) is 1. The number of aliphatic hydroxyl groups is 1. The van der Waals surface area contributed by atoms with E-state index in [2.05, 4.69) is 29.8 Å². The van der Waals surface area contributed by atoms with Gasteiger partial charge in [0.1, 0.15) is 0 Å². The summed E-state index contributed by atoms with van der Waals surface area (Å²) in [5.74, 6) is 1.41. The SMILES string of the molecule is CCCOc1c(Br)cc(C(O)CCC)cc1OCC. The van der Waals surface area contributed by atoms with Gasteiger partial charge >= 0.3 is 0 Å². The van der Waals surface area contributed by atoms with Crippen LogP contribution in [0.15, 0.2) is 16.6 Å². The van der Waals surface area contributed by atoms with Crippen LogP contribution >= 0.6 is 15.9 Å². The van der Waals surface area contributed by atoms with Gasteiger partial charge in [-0.15, -0.1) is 0 Å². The Hall–Kier alpha value is -0.740. The standard InChI is InChI=1S/C15H23BrO3/c1-4-7-13(17)11-9-12(16)15(19-8-5-2)14(10-11)18-6-3/h9-10,13,17H,4-8H2,1-3H3. The lowest BCUT2D eigenvalue weighted by atomic mass is 10.0. The summed E-state index contributed by atoms with van der Waals surface area (Å²) in [5, 5.41) is 10.1. The van der Waals surface area contributed by atoms with Crippen LogP contribution in [0.4, 0.5) is 0 Å². The largest absolute Gasteiger partial charge is 0.490 e. The molecule has 0 heterocycles. The average molecular weight is 331 g/mol. The van der Waals surface area contributed by atoms with Crippen LogP contribution in [0.3, 0.4) is 0 Å². The van der Waals surface area contributed by atoms with E-state index in [-0.39, 0.29) is 0 Å². The molecule has 0 aliphatic rings. The predicted octanol–water partition coefficient (Wildman–Crippen LogP) is 4.47. The summed E-state index contributed by atoms with van der Waals surface area (Å²) >= 11 is 3.50. The Morgan fingerprint density at radius 3 is 2.47 bits per heavy atom. The van der Waals surface area contributed by atoms with E-state index < -0.39 is 6.10 Å². The van der Waals surface area contributed by atoms with Gasteiger partial charge in [0, 0.05) is 0 Å². The minimum atomic E-state index is -0.458. The zero-order chi connectivity index (χ0) is 14.3. The second kappa shape index (κ2) is 8.43. The Morgan fingerprint density at radius 1 is 1.16 bits per heavy atom. The Balaban J connectivity index is 3.05. The van der Waals surface area contributed by atoms with Gasteiger partial charge in [-0.1, -0.05) is 20.3 Å². The Bertz CT molecular complexity index is 393. The first-order valence-electron chi connectivity index (χ1n) is 6.91. The fourth-order valence-electron chi connectivity index (χ4n) is 1.83. The molecule has 1 atom stereocenters. The van der Waals surface area contributed by atoms with Crippen molar-refractivity contribution in [2.45, 2.75) is 46.1 Å². The first kappa shape index (κ1) is 16.3. The molecule has 1 aromatic carbocycles.